The molecule has 2 aliphatic heterocycles. The fraction of sp³-hybridized carbons (Fsp3) is 0.371. The zero-order valence-electron chi connectivity index (χ0n) is 25.4. The van der Waals surface area contributed by atoms with Gasteiger partial charge in [-0.2, -0.15) is 13.2 Å². The van der Waals surface area contributed by atoms with Crippen molar-refractivity contribution in [3.05, 3.63) is 95.2 Å². The van der Waals surface area contributed by atoms with Gasteiger partial charge in [-0.15, -0.1) is 0 Å². The molecule has 6 rings (SSSR count). The van der Waals surface area contributed by atoms with Crippen LogP contribution >= 0.6 is 0 Å². The predicted molar refractivity (Wildman–Crippen MR) is 168 cm³/mol. The number of likely N-dealkylation sites (tertiary alicyclic amines) is 1. The zero-order chi connectivity index (χ0) is 31.8. The van der Waals surface area contributed by atoms with Crippen LogP contribution in [0.5, 0.6) is 11.5 Å². The van der Waals surface area contributed by atoms with Crippen LogP contribution in [0.1, 0.15) is 48.8 Å². The Bertz CT molecular complexity index is 1610. The summed E-state index contributed by atoms with van der Waals surface area (Å²) in [6.07, 6.45) is -0.209. The molecule has 10 heteroatoms. The van der Waals surface area contributed by atoms with E-state index in [1.807, 2.05) is 36.4 Å². The molecule has 236 valence electrons. The van der Waals surface area contributed by atoms with Crippen molar-refractivity contribution < 1.29 is 27.4 Å². The summed E-state index contributed by atoms with van der Waals surface area (Å²) in [7, 11) is 3.67. The molecule has 2 N–H and O–H groups in total. The first kappa shape index (κ1) is 30.7. The molecular weight excluding hydrogens is 581 g/mol. The van der Waals surface area contributed by atoms with Crippen LogP contribution in [0.2, 0.25) is 0 Å². The number of benzene rings is 3. The van der Waals surface area contributed by atoms with Gasteiger partial charge in [-0.05, 0) is 86.3 Å². The average Bonchev–Trinajstić information content (AvgIpc) is 3.26. The molecule has 45 heavy (non-hydrogen) atoms. The molecular formula is C35H37F3N4O3. The van der Waals surface area contributed by atoms with E-state index in [0.29, 0.717) is 42.1 Å². The summed E-state index contributed by atoms with van der Waals surface area (Å²) in [5.41, 5.74) is 6.84. The number of hydrogen-bond donors (Lipinski definition) is 1. The second-order valence-corrected chi connectivity index (χ2v) is 12.1. The second kappa shape index (κ2) is 12.2. The summed E-state index contributed by atoms with van der Waals surface area (Å²) in [6.45, 7) is 2.04. The highest BCUT2D eigenvalue weighted by atomic mass is 19.4. The topological polar surface area (TPSA) is 80.4 Å². The van der Waals surface area contributed by atoms with E-state index in [1.54, 1.807) is 42.3 Å². The number of fused-ring (bicyclic) bond motifs is 2. The van der Waals surface area contributed by atoms with E-state index in [2.05, 4.69) is 16.9 Å². The number of halogens is 3. The Balaban J connectivity index is 1.51. The first-order valence-electron chi connectivity index (χ1n) is 15.2. The second-order valence-electron chi connectivity index (χ2n) is 12.1. The quantitative estimate of drug-likeness (QED) is 0.286. The lowest BCUT2D eigenvalue weighted by atomic mass is 9.65. The van der Waals surface area contributed by atoms with E-state index in [9.17, 15) is 18.0 Å². The van der Waals surface area contributed by atoms with E-state index in [-0.39, 0.29) is 17.7 Å². The van der Waals surface area contributed by atoms with Gasteiger partial charge in [0.15, 0.2) is 0 Å². The van der Waals surface area contributed by atoms with Gasteiger partial charge in [0.25, 0.3) is 0 Å². The Morgan fingerprint density at radius 1 is 1.07 bits per heavy atom. The summed E-state index contributed by atoms with van der Waals surface area (Å²) in [6, 6.07) is 19.9. The Morgan fingerprint density at radius 2 is 1.76 bits per heavy atom. The number of allylic oxidation sites excluding steroid dienone is 2. The third kappa shape index (κ3) is 6.16. The smallest absolute Gasteiger partial charge is 0.430 e. The van der Waals surface area contributed by atoms with Crippen molar-refractivity contribution in [2.45, 2.75) is 56.3 Å². The minimum absolute atomic E-state index is 0.0168. The highest BCUT2D eigenvalue weighted by Crippen LogP contribution is 2.57. The van der Waals surface area contributed by atoms with Crippen LogP contribution in [-0.2, 0) is 16.8 Å². The molecule has 0 radical (unpaired) electrons. The predicted octanol–water partition coefficient (Wildman–Crippen LogP) is 6.66. The number of anilines is 1. The highest BCUT2D eigenvalue weighted by Gasteiger charge is 2.55. The van der Waals surface area contributed by atoms with Crippen LogP contribution in [0.15, 0.2) is 83.5 Å². The number of piperidine rings is 1. The van der Waals surface area contributed by atoms with Crippen molar-refractivity contribution in [2.24, 2.45) is 10.7 Å². The molecule has 0 unspecified atom stereocenters. The number of methoxy groups -OCH3 is 1. The minimum Gasteiger partial charge on any atom is -0.497 e. The van der Waals surface area contributed by atoms with Crippen molar-refractivity contribution >= 4 is 23.0 Å². The summed E-state index contributed by atoms with van der Waals surface area (Å²) < 4.78 is 53.2. The summed E-state index contributed by atoms with van der Waals surface area (Å²) >= 11 is 0. The first-order valence-corrected chi connectivity index (χ1v) is 15.2. The number of hydrogen-bond acceptors (Lipinski definition) is 6. The molecule has 0 aromatic heterocycles. The van der Waals surface area contributed by atoms with Crippen molar-refractivity contribution in [2.75, 3.05) is 32.1 Å². The molecule has 1 saturated heterocycles. The fourth-order valence-corrected chi connectivity index (χ4v) is 6.37. The number of amides is 1. The number of ether oxygens (including phenoxy) is 2. The van der Waals surface area contributed by atoms with Gasteiger partial charge in [-0.1, -0.05) is 36.8 Å². The number of alkyl halides is 3. The van der Waals surface area contributed by atoms with Crippen LogP contribution in [-0.4, -0.2) is 56.0 Å². The zero-order valence-corrected chi connectivity index (χ0v) is 25.4. The van der Waals surface area contributed by atoms with Gasteiger partial charge in [-0.25, -0.2) is 4.99 Å². The largest absolute Gasteiger partial charge is 0.497 e. The lowest BCUT2D eigenvalue weighted by Crippen LogP contribution is -2.44. The molecule has 3 aromatic rings. The van der Waals surface area contributed by atoms with E-state index in [4.69, 9.17) is 15.2 Å². The van der Waals surface area contributed by atoms with Crippen molar-refractivity contribution in [1.82, 2.24) is 4.90 Å². The van der Waals surface area contributed by atoms with Gasteiger partial charge in [0.2, 0.25) is 5.91 Å². The number of para-hydroxylation sites is 1. The van der Waals surface area contributed by atoms with Crippen LogP contribution in [0.25, 0.3) is 0 Å². The van der Waals surface area contributed by atoms with E-state index in [0.717, 1.165) is 55.3 Å². The molecule has 1 saturated carbocycles. The van der Waals surface area contributed by atoms with Gasteiger partial charge in [-0.3, -0.25) is 4.79 Å². The Labute approximate surface area is 261 Å². The van der Waals surface area contributed by atoms with Gasteiger partial charge in [0.05, 0.1) is 36.2 Å². The molecule has 7 nitrogen and oxygen atoms in total. The minimum atomic E-state index is -4.73. The normalized spacial score (nSPS) is 19.0. The van der Waals surface area contributed by atoms with Crippen LogP contribution in [0, 0.1) is 0 Å². The lowest BCUT2D eigenvalue weighted by molar-refractivity contribution is -0.126. The molecule has 1 aliphatic carbocycles. The Kier molecular flexibility index (Phi) is 8.35. The maximum Gasteiger partial charge on any atom is 0.430 e. The fourth-order valence-electron chi connectivity index (χ4n) is 6.37. The summed E-state index contributed by atoms with van der Waals surface area (Å²) in [5, 5.41) is 0. The number of carbonyl (C=O) groups excluding carboxylic acids is 1. The van der Waals surface area contributed by atoms with Crippen LogP contribution < -0.4 is 20.1 Å². The number of aliphatic imine (C=N–C) groups is 1. The van der Waals surface area contributed by atoms with Crippen molar-refractivity contribution in [3.8, 4) is 11.5 Å². The molecule has 1 spiro atoms. The standard InChI is InChI=1S/C35H37F3N4O3/c1-41-17-13-27(14-18-41)45-30-20-24(29(21-31(39)35(36,37)38)40-25-7-4-3-5-8-25)19-28-32(30)42(33(43)34(28)15-6-16-34)22-23-9-11-26(44-2)12-10-23/h3-5,7-12,19-21,27H,6,13-18,22,39H2,1-2H3. The third-order valence-corrected chi connectivity index (χ3v) is 9.10. The van der Waals surface area contributed by atoms with Gasteiger partial charge in [0, 0.05) is 18.7 Å². The molecule has 2 heterocycles. The highest BCUT2D eigenvalue weighted by molar-refractivity contribution is 6.14. The van der Waals surface area contributed by atoms with Crippen LogP contribution in [0.4, 0.5) is 24.5 Å². The van der Waals surface area contributed by atoms with Gasteiger partial charge in [0.1, 0.15) is 23.3 Å². The van der Waals surface area contributed by atoms with Crippen molar-refractivity contribution in [1.29, 1.82) is 0 Å². The SMILES string of the molecule is COc1ccc(CN2C(=O)C3(CCC3)c3cc(C(C=C(N)C(F)(F)F)=Nc4ccccc4)cc(OC4CCN(C)CC4)c32)cc1. The first-order chi connectivity index (χ1) is 21.6. The lowest BCUT2D eigenvalue weighted by Gasteiger charge is -2.37. The monoisotopic (exact) mass is 618 g/mol. The maximum atomic E-state index is 14.3. The maximum absolute atomic E-state index is 14.3. The number of nitrogens with two attached hydrogens (primary N) is 1. The molecule has 1 amide bonds. The average molecular weight is 619 g/mol. The number of nitrogens with zero attached hydrogens (tertiary/aromatic N) is 3. The molecule has 3 aromatic carbocycles. The van der Waals surface area contributed by atoms with E-state index < -0.39 is 17.3 Å². The Morgan fingerprint density at radius 3 is 2.36 bits per heavy atom. The third-order valence-electron chi connectivity index (χ3n) is 9.10. The van der Waals surface area contributed by atoms with E-state index in [1.165, 1.54) is 0 Å². The Hall–Kier alpha value is -4.31. The molecule has 0 atom stereocenters. The van der Waals surface area contributed by atoms with Crippen LogP contribution in [0.3, 0.4) is 0 Å². The van der Waals surface area contributed by atoms with Crippen molar-refractivity contribution in [3.63, 3.8) is 0 Å². The summed E-state index contributed by atoms with van der Waals surface area (Å²) in [4.78, 5) is 22.9. The summed E-state index contributed by atoms with van der Waals surface area (Å²) in [5.74, 6) is 1.17. The van der Waals surface area contributed by atoms with Gasteiger partial charge < -0.3 is 25.0 Å². The number of carbonyl (C=O) groups is 1. The van der Waals surface area contributed by atoms with E-state index >= 15 is 0 Å². The molecule has 0 bridgehead atoms. The van der Waals surface area contributed by atoms with Gasteiger partial charge >= 0.3 is 6.18 Å². The number of rotatable bonds is 8. The molecule has 2 fully saturated rings. The molecule has 3 aliphatic rings.